The number of carbonyl (C=O) groups is 1. The standard InChI is InChI=1S/C26H39F3O2/c1-3-5-7-9-11-24(26(27,28)29)31-25(30)23-18-16-22(17-19-23)21-14-12-20(13-15-21)10-8-6-4-2/h16-21,24H,3-15H2,1-2H3. The summed E-state index contributed by atoms with van der Waals surface area (Å²) in [5, 5.41) is 0. The third kappa shape index (κ3) is 8.86. The van der Waals surface area contributed by atoms with Crippen molar-refractivity contribution in [2.75, 3.05) is 0 Å². The molecule has 0 N–H and O–H groups in total. The molecule has 0 amide bonds. The van der Waals surface area contributed by atoms with Crippen molar-refractivity contribution in [3.63, 3.8) is 0 Å². The lowest BCUT2D eigenvalue weighted by Gasteiger charge is -2.29. The van der Waals surface area contributed by atoms with Gasteiger partial charge in [-0.3, -0.25) is 0 Å². The third-order valence-corrected chi connectivity index (χ3v) is 6.61. The number of rotatable bonds is 12. The molecule has 1 aromatic carbocycles. The number of hydrogen-bond acceptors (Lipinski definition) is 2. The molecule has 1 fully saturated rings. The highest BCUT2D eigenvalue weighted by molar-refractivity contribution is 5.89. The monoisotopic (exact) mass is 440 g/mol. The van der Waals surface area contributed by atoms with Crippen molar-refractivity contribution in [3.8, 4) is 0 Å². The SMILES string of the molecule is CCCCCCC(OC(=O)c1ccc(C2CCC(CCCCC)CC2)cc1)C(F)(F)F. The second-order valence-corrected chi connectivity index (χ2v) is 9.12. The molecule has 1 saturated carbocycles. The number of halogens is 3. The van der Waals surface area contributed by atoms with E-state index in [1.54, 1.807) is 12.1 Å². The lowest BCUT2D eigenvalue weighted by molar-refractivity contribution is -0.206. The van der Waals surface area contributed by atoms with E-state index in [4.69, 9.17) is 4.74 Å². The molecule has 0 saturated heterocycles. The van der Waals surface area contributed by atoms with Crippen LogP contribution in [0.5, 0.6) is 0 Å². The van der Waals surface area contributed by atoms with E-state index < -0.39 is 18.2 Å². The number of benzene rings is 1. The van der Waals surface area contributed by atoms with E-state index in [9.17, 15) is 18.0 Å². The van der Waals surface area contributed by atoms with Gasteiger partial charge in [-0.2, -0.15) is 13.2 Å². The van der Waals surface area contributed by atoms with Crippen LogP contribution in [0.4, 0.5) is 13.2 Å². The van der Waals surface area contributed by atoms with Gasteiger partial charge >= 0.3 is 12.1 Å². The molecule has 1 atom stereocenters. The number of esters is 1. The molecule has 1 aliphatic rings. The summed E-state index contributed by atoms with van der Waals surface area (Å²) in [6, 6.07) is 7.02. The highest BCUT2D eigenvalue weighted by Crippen LogP contribution is 2.38. The van der Waals surface area contributed by atoms with Crippen molar-refractivity contribution in [2.45, 2.75) is 116 Å². The van der Waals surface area contributed by atoms with Crippen LogP contribution in [0, 0.1) is 5.92 Å². The zero-order valence-electron chi connectivity index (χ0n) is 19.2. The molecule has 0 bridgehead atoms. The van der Waals surface area contributed by atoms with Gasteiger partial charge in [0, 0.05) is 0 Å². The molecule has 176 valence electrons. The van der Waals surface area contributed by atoms with Gasteiger partial charge in [-0.05, 0) is 68.1 Å². The molecule has 0 aromatic heterocycles. The van der Waals surface area contributed by atoms with Crippen molar-refractivity contribution in [2.24, 2.45) is 5.92 Å². The van der Waals surface area contributed by atoms with Crippen molar-refractivity contribution < 1.29 is 22.7 Å². The van der Waals surface area contributed by atoms with Crippen molar-refractivity contribution >= 4 is 5.97 Å². The first-order chi connectivity index (χ1) is 14.8. The van der Waals surface area contributed by atoms with Gasteiger partial charge in [0.05, 0.1) is 5.56 Å². The van der Waals surface area contributed by atoms with Gasteiger partial charge in [-0.1, -0.05) is 70.9 Å². The molecule has 1 aliphatic carbocycles. The average Bonchev–Trinajstić information content (AvgIpc) is 2.76. The largest absolute Gasteiger partial charge is 0.449 e. The summed E-state index contributed by atoms with van der Waals surface area (Å²) in [7, 11) is 0. The van der Waals surface area contributed by atoms with Gasteiger partial charge < -0.3 is 4.74 Å². The van der Waals surface area contributed by atoms with Crippen molar-refractivity contribution in [1.82, 2.24) is 0 Å². The van der Waals surface area contributed by atoms with Crippen LogP contribution in [-0.2, 0) is 4.74 Å². The van der Waals surface area contributed by atoms with Crippen LogP contribution in [0.25, 0.3) is 0 Å². The summed E-state index contributed by atoms with van der Waals surface area (Å²) in [6.45, 7) is 4.23. The number of hydrogen-bond donors (Lipinski definition) is 0. The van der Waals surface area contributed by atoms with E-state index in [1.165, 1.54) is 44.1 Å². The molecule has 1 unspecified atom stereocenters. The van der Waals surface area contributed by atoms with Crippen molar-refractivity contribution in [3.05, 3.63) is 35.4 Å². The highest BCUT2D eigenvalue weighted by Gasteiger charge is 2.42. The summed E-state index contributed by atoms with van der Waals surface area (Å²) < 4.78 is 44.7. The Labute approximate surface area is 185 Å². The Morgan fingerprint density at radius 1 is 0.935 bits per heavy atom. The fraction of sp³-hybridized carbons (Fsp3) is 0.731. The maximum atomic E-state index is 13.3. The normalized spacial score (nSPS) is 20.4. The summed E-state index contributed by atoms with van der Waals surface area (Å²) in [5.41, 5.74) is 1.37. The quantitative estimate of drug-likeness (QED) is 0.240. The predicted molar refractivity (Wildman–Crippen MR) is 119 cm³/mol. The third-order valence-electron chi connectivity index (χ3n) is 6.61. The number of carbonyl (C=O) groups excluding carboxylic acids is 1. The van der Waals surface area contributed by atoms with Gasteiger partial charge in [0.25, 0.3) is 0 Å². The minimum Gasteiger partial charge on any atom is -0.449 e. The first kappa shape index (κ1) is 25.7. The van der Waals surface area contributed by atoms with Crippen LogP contribution in [0.2, 0.25) is 0 Å². The second-order valence-electron chi connectivity index (χ2n) is 9.12. The maximum Gasteiger partial charge on any atom is 0.425 e. The van der Waals surface area contributed by atoms with Gasteiger partial charge in [0.2, 0.25) is 0 Å². The van der Waals surface area contributed by atoms with Gasteiger partial charge in [-0.15, -0.1) is 0 Å². The Morgan fingerprint density at radius 3 is 2.13 bits per heavy atom. The van der Waals surface area contributed by atoms with E-state index in [0.29, 0.717) is 12.3 Å². The second kappa shape index (κ2) is 13.1. The lowest BCUT2D eigenvalue weighted by atomic mass is 9.77. The molecule has 0 radical (unpaired) electrons. The van der Waals surface area contributed by atoms with Crippen LogP contribution in [0.15, 0.2) is 24.3 Å². The lowest BCUT2D eigenvalue weighted by Crippen LogP contribution is -2.33. The zero-order chi connectivity index (χ0) is 22.7. The Hall–Kier alpha value is -1.52. The Morgan fingerprint density at radius 2 is 1.55 bits per heavy atom. The van der Waals surface area contributed by atoms with E-state index in [2.05, 4.69) is 6.92 Å². The van der Waals surface area contributed by atoms with Crippen LogP contribution >= 0.6 is 0 Å². The van der Waals surface area contributed by atoms with E-state index in [1.807, 2.05) is 19.1 Å². The summed E-state index contributed by atoms with van der Waals surface area (Å²) in [6.07, 6.45) is 6.22. The summed E-state index contributed by atoms with van der Waals surface area (Å²) in [4.78, 5) is 12.3. The summed E-state index contributed by atoms with van der Waals surface area (Å²) >= 11 is 0. The number of alkyl halides is 3. The molecule has 0 heterocycles. The minimum absolute atomic E-state index is 0.172. The Bertz CT molecular complexity index is 631. The van der Waals surface area contributed by atoms with Gasteiger partial charge in [0.1, 0.15) is 0 Å². The molecule has 2 nitrogen and oxygen atoms in total. The molecule has 0 spiro atoms. The first-order valence-electron chi connectivity index (χ1n) is 12.2. The fourth-order valence-electron chi connectivity index (χ4n) is 4.60. The molecular weight excluding hydrogens is 401 g/mol. The molecular formula is C26H39F3O2. The minimum atomic E-state index is -4.53. The molecule has 5 heteroatoms. The molecule has 31 heavy (non-hydrogen) atoms. The van der Waals surface area contributed by atoms with Crippen LogP contribution in [0.1, 0.15) is 119 Å². The molecule has 1 aromatic rings. The Kier molecular flexibility index (Phi) is 10.9. The highest BCUT2D eigenvalue weighted by atomic mass is 19.4. The molecule has 2 rings (SSSR count). The van der Waals surface area contributed by atoms with E-state index in [-0.39, 0.29) is 12.0 Å². The van der Waals surface area contributed by atoms with Gasteiger partial charge in [-0.25, -0.2) is 4.79 Å². The smallest absolute Gasteiger partial charge is 0.425 e. The van der Waals surface area contributed by atoms with Crippen LogP contribution in [-0.4, -0.2) is 18.2 Å². The van der Waals surface area contributed by atoms with E-state index >= 15 is 0 Å². The Balaban J connectivity index is 1.86. The van der Waals surface area contributed by atoms with E-state index in [0.717, 1.165) is 38.0 Å². The number of ether oxygens (including phenoxy) is 1. The van der Waals surface area contributed by atoms with Gasteiger partial charge in [0.15, 0.2) is 6.10 Å². The number of unbranched alkanes of at least 4 members (excludes halogenated alkanes) is 5. The van der Waals surface area contributed by atoms with Crippen LogP contribution < -0.4 is 0 Å². The topological polar surface area (TPSA) is 26.3 Å². The molecule has 0 aliphatic heterocycles. The zero-order valence-corrected chi connectivity index (χ0v) is 19.2. The predicted octanol–water partition coefficient (Wildman–Crippen LogP) is 8.60. The average molecular weight is 441 g/mol. The maximum absolute atomic E-state index is 13.3. The van der Waals surface area contributed by atoms with Crippen molar-refractivity contribution in [1.29, 1.82) is 0 Å². The summed E-state index contributed by atoms with van der Waals surface area (Å²) in [5.74, 6) is 0.423. The van der Waals surface area contributed by atoms with Crippen LogP contribution in [0.3, 0.4) is 0 Å². The fourth-order valence-corrected chi connectivity index (χ4v) is 4.60. The first-order valence-corrected chi connectivity index (χ1v) is 12.2.